The molecule has 0 aliphatic heterocycles. The number of carbonyl (C=O) groups is 2. The second-order valence-electron chi connectivity index (χ2n) is 4.04. The number of primary amides is 1. The highest BCUT2D eigenvalue weighted by molar-refractivity contribution is 5.93. The van der Waals surface area contributed by atoms with E-state index < -0.39 is 11.7 Å². The largest absolute Gasteiger partial charge is 0.491 e. The Morgan fingerprint density at radius 3 is 2.68 bits per heavy atom. The fourth-order valence-corrected chi connectivity index (χ4v) is 1.47. The quantitative estimate of drug-likeness (QED) is 0.396. The number of hydrogen-bond donors (Lipinski definition) is 3. The molecule has 0 aliphatic rings. The topological polar surface area (TPSA) is 107 Å². The number of ether oxygens (including phenoxy) is 1. The summed E-state index contributed by atoms with van der Waals surface area (Å²) in [7, 11) is 0. The molecule has 0 heterocycles. The van der Waals surface area contributed by atoms with Gasteiger partial charge in [0, 0.05) is 12.5 Å². The Kier molecular flexibility index (Phi) is 5.25. The smallest absolute Gasteiger partial charge is 0.251 e. The molecule has 7 heteroatoms. The van der Waals surface area contributed by atoms with Gasteiger partial charge in [-0.05, 0) is 25.5 Å². The van der Waals surface area contributed by atoms with Gasteiger partial charge in [0.15, 0.2) is 0 Å². The van der Waals surface area contributed by atoms with Gasteiger partial charge in [0.2, 0.25) is 5.91 Å². The van der Waals surface area contributed by atoms with Gasteiger partial charge >= 0.3 is 0 Å². The summed E-state index contributed by atoms with van der Waals surface area (Å²) in [6, 6.07) is 3.79. The first kappa shape index (κ1) is 14.9. The Labute approximate surface area is 109 Å². The minimum atomic E-state index is -0.836. The van der Waals surface area contributed by atoms with E-state index >= 15 is 0 Å². The third kappa shape index (κ3) is 4.55. The van der Waals surface area contributed by atoms with Crippen molar-refractivity contribution in [3.05, 3.63) is 29.6 Å². The molecule has 0 fully saturated rings. The lowest BCUT2D eigenvalue weighted by Gasteiger charge is -2.14. The average Bonchev–Trinajstić information content (AvgIpc) is 2.35. The van der Waals surface area contributed by atoms with E-state index in [1.54, 1.807) is 6.92 Å². The van der Waals surface area contributed by atoms with Crippen molar-refractivity contribution < 1.29 is 18.7 Å². The third-order valence-electron chi connectivity index (χ3n) is 2.48. The Balaban J connectivity index is 2.60. The molecule has 1 rings (SSSR count). The first-order valence-corrected chi connectivity index (χ1v) is 5.69. The number of halogens is 1. The third-order valence-corrected chi connectivity index (χ3v) is 2.48. The summed E-state index contributed by atoms with van der Waals surface area (Å²) in [5.74, 6) is 3.33. The van der Waals surface area contributed by atoms with Gasteiger partial charge in [-0.3, -0.25) is 15.0 Å². The van der Waals surface area contributed by atoms with E-state index in [1.807, 2.05) is 5.43 Å². The van der Waals surface area contributed by atoms with E-state index in [-0.39, 0.29) is 29.7 Å². The van der Waals surface area contributed by atoms with Crippen LogP contribution in [0.3, 0.4) is 0 Å². The van der Waals surface area contributed by atoms with Crippen molar-refractivity contribution >= 4 is 11.8 Å². The molecule has 2 amide bonds. The van der Waals surface area contributed by atoms with E-state index in [0.717, 1.165) is 6.07 Å². The number of hydrazine groups is 1. The first-order chi connectivity index (χ1) is 8.93. The molecule has 1 atom stereocenters. The monoisotopic (exact) mass is 269 g/mol. The summed E-state index contributed by atoms with van der Waals surface area (Å²) in [5, 5.41) is 0. The predicted octanol–water partition coefficient (Wildman–Crippen LogP) is 0.462. The molecule has 19 heavy (non-hydrogen) atoms. The number of nitrogens with two attached hydrogens (primary N) is 2. The van der Waals surface area contributed by atoms with Crippen LogP contribution in [0.2, 0.25) is 0 Å². The van der Waals surface area contributed by atoms with Crippen LogP contribution in [0.25, 0.3) is 0 Å². The second-order valence-corrected chi connectivity index (χ2v) is 4.04. The van der Waals surface area contributed by atoms with Gasteiger partial charge in [-0.25, -0.2) is 10.2 Å². The summed E-state index contributed by atoms with van der Waals surface area (Å²) >= 11 is 0. The molecule has 0 bridgehead atoms. The van der Waals surface area contributed by atoms with Crippen LogP contribution in [0.4, 0.5) is 4.39 Å². The number of rotatable bonds is 6. The number of carbonyl (C=O) groups excluding carboxylic acids is 2. The van der Waals surface area contributed by atoms with Crippen molar-refractivity contribution in [3.8, 4) is 5.75 Å². The fourth-order valence-electron chi connectivity index (χ4n) is 1.47. The van der Waals surface area contributed by atoms with Crippen LogP contribution in [0.5, 0.6) is 5.75 Å². The van der Waals surface area contributed by atoms with Crippen molar-refractivity contribution in [2.24, 2.45) is 11.6 Å². The van der Waals surface area contributed by atoms with Crippen LogP contribution in [0, 0.1) is 5.82 Å². The Morgan fingerprint density at radius 2 is 2.16 bits per heavy atom. The lowest BCUT2D eigenvalue weighted by Crippen LogP contribution is -2.30. The maximum absolute atomic E-state index is 13.5. The zero-order valence-corrected chi connectivity index (χ0v) is 10.5. The maximum Gasteiger partial charge on any atom is 0.251 e. The maximum atomic E-state index is 13.5. The molecule has 104 valence electrons. The van der Waals surface area contributed by atoms with Crippen LogP contribution in [-0.2, 0) is 4.79 Å². The van der Waals surface area contributed by atoms with E-state index in [4.69, 9.17) is 16.3 Å². The normalized spacial score (nSPS) is 11.7. The van der Waals surface area contributed by atoms with Crippen LogP contribution in [-0.4, -0.2) is 17.9 Å². The molecule has 0 aromatic heterocycles. The van der Waals surface area contributed by atoms with Gasteiger partial charge in [-0.2, -0.15) is 0 Å². The van der Waals surface area contributed by atoms with Gasteiger partial charge in [0.1, 0.15) is 11.6 Å². The molecule has 1 aromatic carbocycles. The minimum absolute atomic E-state index is 0.192. The molecule has 1 aromatic rings. The summed E-state index contributed by atoms with van der Waals surface area (Å²) < 4.78 is 18.9. The zero-order chi connectivity index (χ0) is 14.4. The van der Waals surface area contributed by atoms with E-state index in [2.05, 4.69) is 0 Å². The molecule has 5 N–H and O–H groups in total. The molecule has 0 radical (unpaired) electrons. The van der Waals surface area contributed by atoms with Gasteiger partial charge in [-0.15, -0.1) is 0 Å². The number of nitrogens with one attached hydrogen (secondary N) is 1. The molecular weight excluding hydrogens is 253 g/mol. The van der Waals surface area contributed by atoms with E-state index in [1.165, 1.54) is 12.1 Å². The highest BCUT2D eigenvalue weighted by Gasteiger charge is 2.11. The summed E-state index contributed by atoms with van der Waals surface area (Å²) in [5.41, 5.74) is 6.80. The van der Waals surface area contributed by atoms with Crippen molar-refractivity contribution in [1.82, 2.24) is 5.43 Å². The van der Waals surface area contributed by atoms with Gasteiger partial charge < -0.3 is 10.5 Å². The Morgan fingerprint density at radius 1 is 1.47 bits per heavy atom. The Hall–Kier alpha value is -2.15. The zero-order valence-electron chi connectivity index (χ0n) is 10.5. The van der Waals surface area contributed by atoms with Crippen LogP contribution in [0.15, 0.2) is 18.2 Å². The first-order valence-electron chi connectivity index (χ1n) is 5.69. The molecule has 0 spiro atoms. The van der Waals surface area contributed by atoms with Crippen molar-refractivity contribution in [2.75, 3.05) is 0 Å². The number of hydrogen-bond acceptors (Lipinski definition) is 4. The lowest BCUT2D eigenvalue weighted by molar-refractivity contribution is -0.121. The van der Waals surface area contributed by atoms with E-state index in [0.29, 0.717) is 6.42 Å². The standard InChI is InChI=1S/C12H16FN3O3/c1-7(2-5-11(17)16-15)19-8-3-4-9(12(14)18)10(13)6-8/h3-4,6-7H,2,5,15H2,1H3,(H2,14,18)(H,16,17). The van der Waals surface area contributed by atoms with Crippen molar-refractivity contribution in [2.45, 2.75) is 25.9 Å². The fraction of sp³-hybridized carbons (Fsp3) is 0.333. The summed E-state index contributed by atoms with van der Waals surface area (Å²) in [6.07, 6.45) is 0.345. The molecule has 0 aliphatic carbocycles. The van der Waals surface area contributed by atoms with Crippen LogP contribution in [0.1, 0.15) is 30.1 Å². The molecule has 6 nitrogen and oxygen atoms in total. The number of amides is 2. The van der Waals surface area contributed by atoms with Crippen LogP contribution >= 0.6 is 0 Å². The van der Waals surface area contributed by atoms with Gasteiger partial charge in [0.05, 0.1) is 11.7 Å². The molecule has 0 saturated carbocycles. The van der Waals surface area contributed by atoms with Crippen LogP contribution < -0.4 is 21.7 Å². The molecular formula is C12H16FN3O3. The van der Waals surface area contributed by atoms with Gasteiger partial charge in [-0.1, -0.05) is 0 Å². The molecule has 0 saturated heterocycles. The highest BCUT2D eigenvalue weighted by Crippen LogP contribution is 2.18. The molecule has 1 unspecified atom stereocenters. The second kappa shape index (κ2) is 6.69. The summed E-state index contributed by atoms with van der Waals surface area (Å²) in [6.45, 7) is 1.74. The van der Waals surface area contributed by atoms with Crippen molar-refractivity contribution in [1.29, 1.82) is 0 Å². The SMILES string of the molecule is CC(CCC(=O)NN)Oc1ccc(C(N)=O)c(F)c1. The highest BCUT2D eigenvalue weighted by atomic mass is 19.1. The average molecular weight is 269 g/mol. The minimum Gasteiger partial charge on any atom is -0.491 e. The predicted molar refractivity (Wildman–Crippen MR) is 66.6 cm³/mol. The van der Waals surface area contributed by atoms with Crippen molar-refractivity contribution in [3.63, 3.8) is 0 Å². The van der Waals surface area contributed by atoms with E-state index in [9.17, 15) is 14.0 Å². The summed E-state index contributed by atoms with van der Waals surface area (Å²) in [4.78, 5) is 21.8. The number of benzene rings is 1. The van der Waals surface area contributed by atoms with Gasteiger partial charge in [0.25, 0.3) is 5.91 Å². The Bertz CT molecular complexity index is 479. The lowest BCUT2D eigenvalue weighted by atomic mass is 10.2.